The van der Waals surface area contributed by atoms with Gasteiger partial charge in [0.1, 0.15) is 6.17 Å². The Hall–Kier alpha value is -1.38. The summed E-state index contributed by atoms with van der Waals surface area (Å²) < 4.78 is 13.3. The predicted molar refractivity (Wildman–Crippen MR) is 62.8 cm³/mol. The molecule has 1 unspecified atom stereocenters. The molecule has 0 saturated carbocycles. The molecule has 16 heavy (non-hydrogen) atoms. The first-order valence-electron chi connectivity index (χ1n) is 5.67. The van der Waals surface area contributed by atoms with Crippen molar-refractivity contribution in [2.45, 2.75) is 25.9 Å². The van der Waals surface area contributed by atoms with Crippen molar-refractivity contribution in [3.05, 3.63) is 29.8 Å². The molecule has 3 heteroatoms. The molecule has 0 aliphatic carbocycles. The summed E-state index contributed by atoms with van der Waals surface area (Å²) in [5, 5.41) is 0. The molecule has 1 fully saturated rings. The largest absolute Gasteiger partial charge is 0.368 e. The zero-order valence-corrected chi connectivity index (χ0v) is 9.45. The van der Waals surface area contributed by atoms with Gasteiger partial charge in [-0.2, -0.15) is 0 Å². The molecule has 1 aromatic rings. The molecule has 0 aromatic heterocycles. The van der Waals surface area contributed by atoms with Gasteiger partial charge in [0.2, 0.25) is 0 Å². The van der Waals surface area contributed by atoms with E-state index in [-0.39, 0.29) is 5.78 Å². The molecule has 1 aliphatic rings. The molecule has 2 nitrogen and oxygen atoms in total. The summed E-state index contributed by atoms with van der Waals surface area (Å²) in [6, 6.07) is 7.44. The highest BCUT2D eigenvalue weighted by Gasteiger charge is 2.21. The highest BCUT2D eigenvalue weighted by molar-refractivity contribution is 5.99. The number of benzene rings is 1. The lowest BCUT2D eigenvalue weighted by atomic mass is 10.0. The van der Waals surface area contributed by atoms with Gasteiger partial charge < -0.3 is 4.90 Å². The number of alkyl halides is 1. The SMILES string of the molecule is CC(=O)c1ccccc1N1CCCC(F)C1. The highest BCUT2D eigenvalue weighted by Crippen LogP contribution is 2.25. The van der Waals surface area contributed by atoms with Crippen LogP contribution in [-0.4, -0.2) is 25.0 Å². The van der Waals surface area contributed by atoms with Gasteiger partial charge in [0.15, 0.2) is 5.78 Å². The van der Waals surface area contributed by atoms with Gasteiger partial charge in [-0.15, -0.1) is 0 Å². The lowest BCUT2D eigenvalue weighted by Crippen LogP contribution is -2.37. The van der Waals surface area contributed by atoms with Gasteiger partial charge in [0, 0.05) is 24.3 Å². The fraction of sp³-hybridized carbons (Fsp3) is 0.462. The number of para-hydroxylation sites is 1. The molecule has 86 valence electrons. The number of piperidine rings is 1. The Balaban J connectivity index is 2.28. The average molecular weight is 221 g/mol. The molecule has 1 saturated heterocycles. The van der Waals surface area contributed by atoms with E-state index in [2.05, 4.69) is 0 Å². The van der Waals surface area contributed by atoms with Crippen LogP contribution in [0.1, 0.15) is 30.1 Å². The van der Waals surface area contributed by atoms with Gasteiger partial charge in [-0.3, -0.25) is 4.79 Å². The monoisotopic (exact) mass is 221 g/mol. The molecular formula is C13H16FNO. The Morgan fingerprint density at radius 1 is 1.44 bits per heavy atom. The van der Waals surface area contributed by atoms with Crippen molar-refractivity contribution < 1.29 is 9.18 Å². The van der Waals surface area contributed by atoms with Gasteiger partial charge >= 0.3 is 0 Å². The third kappa shape index (κ3) is 2.23. The summed E-state index contributed by atoms with van der Waals surface area (Å²) in [5.74, 6) is 0.0385. The summed E-state index contributed by atoms with van der Waals surface area (Å²) in [7, 11) is 0. The summed E-state index contributed by atoms with van der Waals surface area (Å²) >= 11 is 0. The normalized spacial score (nSPS) is 20.9. The number of hydrogen-bond donors (Lipinski definition) is 0. The molecule has 0 bridgehead atoms. The van der Waals surface area contributed by atoms with Crippen LogP contribution in [0.5, 0.6) is 0 Å². The molecule has 1 aromatic carbocycles. The van der Waals surface area contributed by atoms with Crippen LogP contribution in [0.15, 0.2) is 24.3 Å². The van der Waals surface area contributed by atoms with Crippen LogP contribution in [0.2, 0.25) is 0 Å². The third-order valence-corrected chi connectivity index (χ3v) is 2.99. The predicted octanol–water partition coefficient (Wildman–Crippen LogP) is 2.83. The van der Waals surface area contributed by atoms with E-state index < -0.39 is 6.17 Å². The number of nitrogens with zero attached hydrogens (tertiary/aromatic N) is 1. The van der Waals surface area contributed by atoms with Gasteiger partial charge in [-0.05, 0) is 31.9 Å². The van der Waals surface area contributed by atoms with E-state index in [1.807, 2.05) is 23.1 Å². The van der Waals surface area contributed by atoms with Crippen LogP contribution in [0.4, 0.5) is 10.1 Å². The summed E-state index contributed by atoms with van der Waals surface area (Å²) in [5.41, 5.74) is 1.56. The van der Waals surface area contributed by atoms with E-state index >= 15 is 0 Å². The van der Waals surface area contributed by atoms with Crippen LogP contribution in [0.25, 0.3) is 0 Å². The Labute approximate surface area is 95.1 Å². The second-order valence-electron chi connectivity index (χ2n) is 4.26. The van der Waals surface area contributed by atoms with Gasteiger partial charge in [0.05, 0.1) is 0 Å². The second-order valence-corrected chi connectivity index (χ2v) is 4.26. The molecule has 1 heterocycles. The maximum atomic E-state index is 13.3. The standard InChI is InChI=1S/C13H16FNO/c1-10(16)12-6-2-3-7-13(12)15-8-4-5-11(14)9-15/h2-3,6-7,11H,4-5,8-9H2,1H3. The van der Waals surface area contributed by atoms with Crippen LogP contribution < -0.4 is 4.90 Å². The molecule has 0 amide bonds. The second kappa shape index (κ2) is 4.64. The van der Waals surface area contributed by atoms with E-state index in [4.69, 9.17) is 0 Å². The number of hydrogen-bond acceptors (Lipinski definition) is 2. The third-order valence-electron chi connectivity index (χ3n) is 2.99. The summed E-state index contributed by atoms with van der Waals surface area (Å²) in [6.45, 7) is 2.80. The number of ketones is 1. The zero-order valence-electron chi connectivity index (χ0n) is 9.45. The van der Waals surface area contributed by atoms with Crippen molar-refractivity contribution in [3.8, 4) is 0 Å². The number of anilines is 1. The van der Waals surface area contributed by atoms with Crippen molar-refractivity contribution in [1.82, 2.24) is 0 Å². The molecule has 1 atom stereocenters. The quantitative estimate of drug-likeness (QED) is 0.716. The Morgan fingerprint density at radius 3 is 2.88 bits per heavy atom. The van der Waals surface area contributed by atoms with E-state index in [0.29, 0.717) is 18.5 Å². The fourth-order valence-electron chi connectivity index (χ4n) is 2.19. The Bertz CT molecular complexity index is 391. The number of Topliss-reactive ketones (excluding diaryl/α,β-unsaturated/α-hetero) is 1. The molecule has 0 N–H and O–H groups in total. The smallest absolute Gasteiger partial charge is 0.161 e. The molecule has 2 rings (SSSR count). The van der Waals surface area contributed by atoms with E-state index in [1.54, 1.807) is 13.0 Å². The minimum Gasteiger partial charge on any atom is -0.368 e. The number of carbonyl (C=O) groups is 1. The summed E-state index contributed by atoms with van der Waals surface area (Å²) in [6.07, 6.45) is 0.723. The van der Waals surface area contributed by atoms with Gasteiger partial charge in [0.25, 0.3) is 0 Å². The first-order valence-corrected chi connectivity index (χ1v) is 5.67. The minimum absolute atomic E-state index is 0.0385. The van der Waals surface area contributed by atoms with Crippen LogP contribution >= 0.6 is 0 Å². The maximum absolute atomic E-state index is 13.3. The van der Waals surface area contributed by atoms with Crippen LogP contribution in [0, 0.1) is 0 Å². The van der Waals surface area contributed by atoms with Crippen molar-refractivity contribution in [3.63, 3.8) is 0 Å². The van der Waals surface area contributed by atoms with Crippen LogP contribution in [0.3, 0.4) is 0 Å². The zero-order chi connectivity index (χ0) is 11.5. The molecule has 0 radical (unpaired) electrons. The van der Waals surface area contributed by atoms with Crippen molar-refractivity contribution in [2.24, 2.45) is 0 Å². The van der Waals surface area contributed by atoms with E-state index in [0.717, 1.165) is 18.7 Å². The Kier molecular flexibility index (Phi) is 3.22. The first-order chi connectivity index (χ1) is 7.68. The van der Waals surface area contributed by atoms with Gasteiger partial charge in [-0.25, -0.2) is 4.39 Å². The van der Waals surface area contributed by atoms with E-state index in [1.165, 1.54) is 0 Å². The summed E-state index contributed by atoms with van der Waals surface area (Å²) in [4.78, 5) is 13.4. The molecular weight excluding hydrogens is 205 g/mol. The van der Waals surface area contributed by atoms with E-state index in [9.17, 15) is 9.18 Å². The molecule has 0 spiro atoms. The topological polar surface area (TPSA) is 20.3 Å². The van der Waals surface area contributed by atoms with Crippen molar-refractivity contribution in [2.75, 3.05) is 18.0 Å². The van der Waals surface area contributed by atoms with Gasteiger partial charge in [-0.1, -0.05) is 12.1 Å². The average Bonchev–Trinajstić information content (AvgIpc) is 2.29. The van der Waals surface area contributed by atoms with Crippen LogP contribution in [-0.2, 0) is 0 Å². The number of carbonyl (C=O) groups excluding carboxylic acids is 1. The number of halogens is 1. The highest BCUT2D eigenvalue weighted by atomic mass is 19.1. The lowest BCUT2D eigenvalue weighted by Gasteiger charge is -2.32. The van der Waals surface area contributed by atoms with Crippen molar-refractivity contribution in [1.29, 1.82) is 0 Å². The van der Waals surface area contributed by atoms with Crippen molar-refractivity contribution >= 4 is 11.5 Å². The fourth-order valence-corrected chi connectivity index (χ4v) is 2.19. The number of rotatable bonds is 2. The molecule has 1 aliphatic heterocycles. The minimum atomic E-state index is -0.770. The Morgan fingerprint density at radius 2 is 2.19 bits per heavy atom. The lowest BCUT2D eigenvalue weighted by molar-refractivity contribution is 0.101. The maximum Gasteiger partial charge on any atom is 0.161 e. The first kappa shape index (κ1) is 11.1.